The average molecular weight is 412 g/mol. The van der Waals surface area contributed by atoms with Gasteiger partial charge in [0, 0.05) is 43.0 Å². The summed E-state index contributed by atoms with van der Waals surface area (Å²) in [5.74, 6) is -0.0412. The number of aryl methyl sites for hydroxylation is 1. The van der Waals surface area contributed by atoms with Gasteiger partial charge in [-0.15, -0.1) is 0 Å². The summed E-state index contributed by atoms with van der Waals surface area (Å²) in [4.78, 5) is 28.7. The molecule has 2 aromatic carbocycles. The van der Waals surface area contributed by atoms with Crippen LogP contribution in [0.15, 0.2) is 48.5 Å². The molecule has 1 aliphatic rings. The van der Waals surface area contributed by atoms with Crippen molar-refractivity contribution in [3.63, 3.8) is 0 Å². The second kappa shape index (κ2) is 9.72. The average Bonchev–Trinajstić information content (AvgIpc) is 2.71. The maximum atomic E-state index is 12.4. The maximum Gasteiger partial charge on any atom is 0.246 e. The molecule has 2 aromatic rings. The van der Waals surface area contributed by atoms with E-state index < -0.39 is 0 Å². The lowest BCUT2D eigenvalue weighted by molar-refractivity contribution is -0.127. The topological polar surface area (TPSA) is 52.7 Å². The third-order valence-electron chi connectivity index (χ3n) is 5.22. The summed E-state index contributed by atoms with van der Waals surface area (Å²) in [7, 11) is 0. The molecule has 5 nitrogen and oxygen atoms in total. The molecular formula is C23H26ClN3O2. The van der Waals surface area contributed by atoms with E-state index in [1.807, 2.05) is 49.1 Å². The minimum absolute atomic E-state index is 0.0144. The Labute approximate surface area is 177 Å². The van der Waals surface area contributed by atoms with Crippen molar-refractivity contribution in [2.24, 2.45) is 0 Å². The summed E-state index contributed by atoms with van der Waals surface area (Å²) >= 11 is 5.87. The molecule has 6 heteroatoms. The van der Waals surface area contributed by atoms with Gasteiger partial charge < -0.3 is 10.2 Å². The molecule has 2 amide bonds. The normalized spacial score (nSPS) is 14.9. The molecule has 3 rings (SSSR count). The van der Waals surface area contributed by atoms with E-state index in [1.165, 1.54) is 0 Å². The van der Waals surface area contributed by atoms with Crippen molar-refractivity contribution in [2.45, 2.75) is 13.8 Å². The summed E-state index contributed by atoms with van der Waals surface area (Å²) in [6, 6.07) is 13.2. The minimum atomic E-state index is -0.0267. The molecule has 1 aliphatic heterocycles. The quantitative estimate of drug-likeness (QED) is 0.762. The van der Waals surface area contributed by atoms with E-state index in [0.29, 0.717) is 37.7 Å². The Kier molecular flexibility index (Phi) is 7.07. The van der Waals surface area contributed by atoms with Gasteiger partial charge in [0.25, 0.3) is 0 Å². The van der Waals surface area contributed by atoms with Gasteiger partial charge in [0.1, 0.15) is 0 Å². The summed E-state index contributed by atoms with van der Waals surface area (Å²) in [5, 5.41) is 3.67. The fraction of sp³-hybridized carbons (Fsp3) is 0.304. The van der Waals surface area contributed by atoms with Crippen LogP contribution in [0.5, 0.6) is 0 Å². The van der Waals surface area contributed by atoms with Gasteiger partial charge in [-0.1, -0.05) is 35.9 Å². The third kappa shape index (κ3) is 5.92. The van der Waals surface area contributed by atoms with Crippen molar-refractivity contribution >= 4 is 35.2 Å². The number of nitrogens with one attached hydrogen (secondary N) is 1. The van der Waals surface area contributed by atoms with Gasteiger partial charge in [0.05, 0.1) is 6.54 Å². The number of nitrogens with zero attached hydrogens (tertiary/aromatic N) is 2. The highest BCUT2D eigenvalue weighted by atomic mass is 35.5. The minimum Gasteiger partial charge on any atom is -0.337 e. The molecule has 0 spiro atoms. The van der Waals surface area contributed by atoms with Crippen molar-refractivity contribution < 1.29 is 9.59 Å². The summed E-state index contributed by atoms with van der Waals surface area (Å²) in [6.07, 6.45) is 3.38. The lowest BCUT2D eigenvalue weighted by Gasteiger charge is -2.33. The smallest absolute Gasteiger partial charge is 0.246 e. The number of hydrogen-bond donors (Lipinski definition) is 1. The molecular weight excluding hydrogens is 386 g/mol. The van der Waals surface area contributed by atoms with Crippen LogP contribution in [0.2, 0.25) is 5.02 Å². The Bertz CT molecular complexity index is 901. The predicted molar refractivity (Wildman–Crippen MR) is 118 cm³/mol. The van der Waals surface area contributed by atoms with Gasteiger partial charge in [0.15, 0.2) is 0 Å². The Morgan fingerprint density at radius 2 is 1.72 bits per heavy atom. The number of piperazine rings is 1. The van der Waals surface area contributed by atoms with E-state index in [2.05, 4.69) is 10.2 Å². The molecule has 0 saturated carbocycles. The fourth-order valence-electron chi connectivity index (χ4n) is 3.25. The van der Waals surface area contributed by atoms with Crippen LogP contribution in [-0.4, -0.2) is 54.3 Å². The van der Waals surface area contributed by atoms with Gasteiger partial charge >= 0.3 is 0 Å². The van der Waals surface area contributed by atoms with E-state index in [1.54, 1.807) is 24.3 Å². The fourth-order valence-corrected chi connectivity index (χ4v) is 3.38. The van der Waals surface area contributed by atoms with Gasteiger partial charge in [0.2, 0.25) is 11.8 Å². The molecule has 0 unspecified atom stereocenters. The lowest BCUT2D eigenvalue weighted by Crippen LogP contribution is -2.50. The Morgan fingerprint density at radius 3 is 2.41 bits per heavy atom. The van der Waals surface area contributed by atoms with Gasteiger partial charge in [-0.05, 0) is 54.8 Å². The second-order valence-corrected chi connectivity index (χ2v) is 7.72. The number of carbonyl (C=O) groups excluding carboxylic acids is 2. The van der Waals surface area contributed by atoms with Crippen molar-refractivity contribution in [1.82, 2.24) is 9.80 Å². The van der Waals surface area contributed by atoms with Crippen LogP contribution in [0.25, 0.3) is 6.08 Å². The van der Waals surface area contributed by atoms with E-state index >= 15 is 0 Å². The van der Waals surface area contributed by atoms with Crippen molar-refractivity contribution in [3.05, 3.63) is 70.3 Å². The first-order valence-corrected chi connectivity index (χ1v) is 10.1. The number of benzene rings is 2. The zero-order valence-corrected chi connectivity index (χ0v) is 17.6. The molecule has 0 aromatic heterocycles. The van der Waals surface area contributed by atoms with Crippen LogP contribution in [0.3, 0.4) is 0 Å². The molecule has 1 saturated heterocycles. The van der Waals surface area contributed by atoms with E-state index in [9.17, 15) is 9.59 Å². The SMILES string of the molecule is Cc1cccc(NC(=O)CN2CCN(C(=O)/C=C/c3ccc(Cl)cc3)CC2)c1C. The molecule has 0 radical (unpaired) electrons. The number of anilines is 1. The van der Waals surface area contributed by atoms with Crippen LogP contribution < -0.4 is 5.32 Å². The van der Waals surface area contributed by atoms with Crippen LogP contribution in [-0.2, 0) is 9.59 Å². The largest absolute Gasteiger partial charge is 0.337 e. The first-order valence-electron chi connectivity index (χ1n) is 9.73. The Balaban J connectivity index is 1.46. The van der Waals surface area contributed by atoms with E-state index in [-0.39, 0.29) is 11.8 Å². The third-order valence-corrected chi connectivity index (χ3v) is 5.47. The zero-order chi connectivity index (χ0) is 20.8. The standard InChI is InChI=1S/C23H26ClN3O2/c1-17-4-3-5-21(18(17)2)25-22(28)16-26-12-14-27(15-13-26)23(29)11-8-19-6-9-20(24)10-7-19/h3-11H,12-16H2,1-2H3,(H,25,28)/b11-8+. The number of carbonyl (C=O) groups is 2. The number of rotatable bonds is 5. The van der Waals surface area contributed by atoms with Crippen LogP contribution in [0.4, 0.5) is 5.69 Å². The zero-order valence-electron chi connectivity index (χ0n) is 16.8. The highest BCUT2D eigenvalue weighted by molar-refractivity contribution is 6.30. The van der Waals surface area contributed by atoms with Gasteiger partial charge in [-0.25, -0.2) is 0 Å². The van der Waals surface area contributed by atoms with Gasteiger partial charge in [-0.3, -0.25) is 14.5 Å². The molecule has 0 bridgehead atoms. The molecule has 1 fully saturated rings. The highest BCUT2D eigenvalue weighted by Crippen LogP contribution is 2.18. The molecule has 29 heavy (non-hydrogen) atoms. The summed E-state index contributed by atoms with van der Waals surface area (Å²) in [5.41, 5.74) is 4.03. The summed E-state index contributed by atoms with van der Waals surface area (Å²) < 4.78 is 0. The predicted octanol–water partition coefficient (Wildman–Crippen LogP) is 3.75. The van der Waals surface area contributed by atoms with E-state index in [4.69, 9.17) is 11.6 Å². The molecule has 0 aliphatic carbocycles. The van der Waals surface area contributed by atoms with Crippen LogP contribution in [0, 0.1) is 13.8 Å². The van der Waals surface area contributed by atoms with Crippen LogP contribution in [0.1, 0.15) is 16.7 Å². The highest BCUT2D eigenvalue weighted by Gasteiger charge is 2.21. The number of hydrogen-bond acceptors (Lipinski definition) is 3. The number of halogens is 1. The molecule has 0 atom stereocenters. The summed E-state index contributed by atoms with van der Waals surface area (Å²) in [6.45, 7) is 6.95. The van der Waals surface area contributed by atoms with E-state index in [0.717, 1.165) is 22.4 Å². The molecule has 1 N–H and O–H groups in total. The Morgan fingerprint density at radius 1 is 1.03 bits per heavy atom. The maximum absolute atomic E-state index is 12.4. The lowest BCUT2D eigenvalue weighted by atomic mass is 10.1. The monoisotopic (exact) mass is 411 g/mol. The van der Waals surface area contributed by atoms with Crippen LogP contribution >= 0.6 is 11.6 Å². The van der Waals surface area contributed by atoms with Crippen molar-refractivity contribution in [3.8, 4) is 0 Å². The molecule has 152 valence electrons. The first-order chi connectivity index (χ1) is 13.9. The number of amides is 2. The van der Waals surface area contributed by atoms with Crippen molar-refractivity contribution in [2.75, 3.05) is 38.0 Å². The molecule has 1 heterocycles. The second-order valence-electron chi connectivity index (χ2n) is 7.28. The van der Waals surface area contributed by atoms with Gasteiger partial charge in [-0.2, -0.15) is 0 Å². The first kappa shape index (κ1) is 21.1. The Hall–Kier alpha value is -2.63. The van der Waals surface area contributed by atoms with Crippen molar-refractivity contribution in [1.29, 1.82) is 0 Å².